The Morgan fingerprint density at radius 1 is 1.35 bits per heavy atom. The maximum absolute atomic E-state index is 11.7. The van der Waals surface area contributed by atoms with Gasteiger partial charge in [-0.2, -0.15) is 0 Å². The number of nitrogens with zero attached hydrogens (tertiary/aromatic N) is 2. The summed E-state index contributed by atoms with van der Waals surface area (Å²) >= 11 is 2.95. The highest BCUT2D eigenvalue weighted by Crippen LogP contribution is 2.25. The Balaban J connectivity index is 2.25. The summed E-state index contributed by atoms with van der Waals surface area (Å²) in [6.07, 6.45) is 4.38. The van der Waals surface area contributed by atoms with E-state index in [-0.39, 0.29) is 11.9 Å². The van der Waals surface area contributed by atoms with Crippen LogP contribution in [-0.4, -0.2) is 34.4 Å². The lowest BCUT2D eigenvalue weighted by Gasteiger charge is -2.11. The molecule has 0 fully saturated rings. The minimum atomic E-state index is 0.0617. The average Bonchev–Trinajstić information content (AvgIpc) is 2.85. The Morgan fingerprint density at radius 2 is 2.15 bits per heavy atom. The second-order valence-electron chi connectivity index (χ2n) is 4.70. The first kappa shape index (κ1) is 17.2. The fourth-order valence-electron chi connectivity index (χ4n) is 1.66. The Labute approximate surface area is 129 Å². The smallest absolute Gasteiger partial charge is 0.230 e. The number of hydrogen-bond acceptors (Lipinski definition) is 6. The molecule has 0 aliphatic rings. The van der Waals surface area contributed by atoms with E-state index in [2.05, 4.69) is 34.7 Å². The number of nitrogens with one attached hydrogen (secondary N) is 2. The van der Waals surface area contributed by atoms with Gasteiger partial charge in [0.15, 0.2) is 4.34 Å². The van der Waals surface area contributed by atoms with E-state index in [1.54, 1.807) is 0 Å². The summed E-state index contributed by atoms with van der Waals surface area (Å²) in [4.78, 5) is 11.7. The molecule has 0 bridgehead atoms. The molecule has 0 radical (unpaired) electrons. The zero-order valence-electron chi connectivity index (χ0n) is 12.4. The molecule has 7 heteroatoms. The first-order valence-corrected chi connectivity index (χ1v) is 8.95. The van der Waals surface area contributed by atoms with Crippen LogP contribution < -0.4 is 10.6 Å². The summed E-state index contributed by atoms with van der Waals surface area (Å²) < 4.78 is 0.835. The maximum Gasteiger partial charge on any atom is 0.230 e. The van der Waals surface area contributed by atoms with Gasteiger partial charge in [-0.1, -0.05) is 49.8 Å². The zero-order valence-corrected chi connectivity index (χ0v) is 14.1. The van der Waals surface area contributed by atoms with Crippen molar-refractivity contribution in [1.29, 1.82) is 0 Å². The van der Waals surface area contributed by atoms with E-state index >= 15 is 0 Å². The van der Waals surface area contributed by atoms with Crippen molar-refractivity contribution in [2.75, 3.05) is 17.6 Å². The highest BCUT2D eigenvalue weighted by molar-refractivity contribution is 8.01. The Kier molecular flexibility index (Phi) is 8.60. The van der Waals surface area contributed by atoms with Gasteiger partial charge < -0.3 is 10.6 Å². The molecule has 1 rings (SSSR count). The third kappa shape index (κ3) is 7.09. The number of hydrogen-bond donors (Lipinski definition) is 2. The summed E-state index contributed by atoms with van der Waals surface area (Å²) in [5.74, 6) is 0.462. The predicted octanol–water partition coefficient (Wildman–Crippen LogP) is 3.15. The number of unbranched alkanes of at least 4 members (excludes halogenated alkanes) is 1. The molecule has 1 aromatic heterocycles. The molecule has 0 saturated carbocycles. The van der Waals surface area contributed by atoms with Crippen molar-refractivity contribution in [2.45, 2.75) is 56.8 Å². The summed E-state index contributed by atoms with van der Waals surface area (Å²) in [6.45, 7) is 7.23. The zero-order chi connectivity index (χ0) is 14.8. The maximum atomic E-state index is 11.7. The number of anilines is 1. The Hall–Kier alpha value is -0.820. The largest absolute Gasteiger partial charge is 0.360 e. The molecule has 0 aromatic carbocycles. The van der Waals surface area contributed by atoms with Crippen molar-refractivity contribution in [3.8, 4) is 0 Å². The minimum Gasteiger partial charge on any atom is -0.360 e. The van der Waals surface area contributed by atoms with Gasteiger partial charge in [0.1, 0.15) is 0 Å². The van der Waals surface area contributed by atoms with Crippen LogP contribution >= 0.6 is 23.1 Å². The van der Waals surface area contributed by atoms with E-state index in [4.69, 9.17) is 0 Å². The number of thioether (sulfide) groups is 1. The second kappa shape index (κ2) is 9.99. The molecule has 1 aromatic rings. The van der Waals surface area contributed by atoms with E-state index in [0.29, 0.717) is 5.75 Å². The van der Waals surface area contributed by atoms with Gasteiger partial charge in [-0.3, -0.25) is 4.79 Å². The topological polar surface area (TPSA) is 66.9 Å². The van der Waals surface area contributed by atoms with E-state index < -0.39 is 0 Å². The molecular formula is C13H24N4OS2. The van der Waals surface area contributed by atoms with Crippen LogP contribution in [0.5, 0.6) is 0 Å². The van der Waals surface area contributed by atoms with Gasteiger partial charge in [-0.05, 0) is 19.8 Å². The molecule has 1 atom stereocenters. The normalized spacial score (nSPS) is 12.2. The fraction of sp³-hybridized carbons (Fsp3) is 0.769. The molecular weight excluding hydrogens is 292 g/mol. The van der Waals surface area contributed by atoms with Crippen molar-refractivity contribution in [1.82, 2.24) is 15.5 Å². The molecule has 1 unspecified atom stereocenters. The van der Waals surface area contributed by atoms with Gasteiger partial charge in [0.05, 0.1) is 5.75 Å². The van der Waals surface area contributed by atoms with E-state index in [0.717, 1.165) is 41.7 Å². The lowest BCUT2D eigenvalue weighted by Crippen LogP contribution is -2.33. The summed E-state index contributed by atoms with van der Waals surface area (Å²) in [5, 5.41) is 15.2. The van der Waals surface area contributed by atoms with Crippen LogP contribution in [0.4, 0.5) is 5.13 Å². The molecule has 1 heterocycles. The highest BCUT2D eigenvalue weighted by Gasteiger charge is 2.10. The fourth-order valence-corrected chi connectivity index (χ4v) is 3.25. The number of aromatic nitrogens is 2. The van der Waals surface area contributed by atoms with Crippen molar-refractivity contribution in [3.05, 3.63) is 0 Å². The molecule has 0 aliphatic heterocycles. The van der Waals surface area contributed by atoms with Gasteiger partial charge in [-0.25, -0.2) is 0 Å². The molecule has 20 heavy (non-hydrogen) atoms. The Bertz CT molecular complexity index is 397. The molecule has 5 nitrogen and oxygen atoms in total. The SMILES string of the molecule is CCCCNc1nnc(SCC(=O)NC(C)CCC)s1. The quantitative estimate of drug-likeness (QED) is 0.513. The van der Waals surface area contributed by atoms with Crippen LogP contribution in [-0.2, 0) is 4.79 Å². The van der Waals surface area contributed by atoms with Gasteiger partial charge in [-0.15, -0.1) is 10.2 Å². The second-order valence-corrected chi connectivity index (χ2v) is 6.90. The van der Waals surface area contributed by atoms with Crippen LogP contribution in [0.25, 0.3) is 0 Å². The first-order chi connectivity index (χ1) is 9.65. The predicted molar refractivity (Wildman–Crippen MR) is 86.5 cm³/mol. The van der Waals surface area contributed by atoms with Crippen molar-refractivity contribution >= 4 is 34.1 Å². The number of rotatable bonds is 10. The van der Waals surface area contributed by atoms with E-state index in [9.17, 15) is 4.79 Å². The lowest BCUT2D eigenvalue weighted by molar-refractivity contribution is -0.119. The van der Waals surface area contributed by atoms with Gasteiger partial charge in [0.25, 0.3) is 0 Å². The number of amides is 1. The summed E-state index contributed by atoms with van der Waals surface area (Å²) in [5.41, 5.74) is 0. The highest BCUT2D eigenvalue weighted by atomic mass is 32.2. The average molecular weight is 316 g/mol. The van der Waals surface area contributed by atoms with Crippen LogP contribution in [0.2, 0.25) is 0 Å². The molecule has 2 N–H and O–H groups in total. The van der Waals surface area contributed by atoms with Gasteiger partial charge in [0.2, 0.25) is 11.0 Å². The molecule has 0 aliphatic carbocycles. The van der Waals surface area contributed by atoms with Crippen LogP contribution in [0.3, 0.4) is 0 Å². The number of carbonyl (C=O) groups excluding carboxylic acids is 1. The molecule has 0 spiro atoms. The van der Waals surface area contributed by atoms with Crippen LogP contribution in [0.15, 0.2) is 4.34 Å². The van der Waals surface area contributed by atoms with Crippen molar-refractivity contribution in [3.63, 3.8) is 0 Å². The van der Waals surface area contributed by atoms with Crippen LogP contribution in [0.1, 0.15) is 46.5 Å². The van der Waals surface area contributed by atoms with Gasteiger partial charge in [0, 0.05) is 12.6 Å². The van der Waals surface area contributed by atoms with E-state index in [1.807, 2.05) is 6.92 Å². The first-order valence-electron chi connectivity index (χ1n) is 7.15. The molecule has 114 valence electrons. The van der Waals surface area contributed by atoms with Crippen molar-refractivity contribution in [2.24, 2.45) is 0 Å². The Morgan fingerprint density at radius 3 is 2.85 bits per heavy atom. The molecule has 1 amide bonds. The van der Waals surface area contributed by atoms with Gasteiger partial charge >= 0.3 is 0 Å². The van der Waals surface area contributed by atoms with E-state index in [1.165, 1.54) is 23.1 Å². The van der Waals surface area contributed by atoms with Crippen molar-refractivity contribution < 1.29 is 4.79 Å². The molecule has 0 saturated heterocycles. The van der Waals surface area contributed by atoms with Crippen LogP contribution in [0, 0.1) is 0 Å². The monoisotopic (exact) mass is 316 g/mol. The number of carbonyl (C=O) groups is 1. The third-order valence-corrected chi connectivity index (χ3v) is 4.68. The summed E-state index contributed by atoms with van der Waals surface area (Å²) in [7, 11) is 0. The summed E-state index contributed by atoms with van der Waals surface area (Å²) in [6, 6.07) is 0.244. The lowest BCUT2D eigenvalue weighted by atomic mass is 10.2. The minimum absolute atomic E-state index is 0.0617. The standard InChI is InChI=1S/C13H24N4OS2/c1-4-6-8-14-12-16-17-13(20-12)19-9-11(18)15-10(3)7-5-2/h10H,4-9H2,1-3H3,(H,14,16)(H,15,18). The third-order valence-electron chi connectivity index (χ3n) is 2.67.